The quantitative estimate of drug-likeness (QED) is 0.598. The van der Waals surface area contributed by atoms with Gasteiger partial charge in [0.25, 0.3) is 0 Å². The molecule has 4 heteroatoms. The lowest BCUT2D eigenvalue weighted by atomic mass is 10.2. The number of aryl methyl sites for hydroxylation is 1. The Morgan fingerprint density at radius 3 is 2.65 bits per heavy atom. The van der Waals surface area contributed by atoms with Gasteiger partial charge in [0.15, 0.2) is 0 Å². The van der Waals surface area contributed by atoms with E-state index in [2.05, 4.69) is 4.98 Å². The lowest BCUT2D eigenvalue weighted by Crippen LogP contribution is -2.07. The van der Waals surface area contributed by atoms with Crippen LogP contribution in [0.5, 0.6) is 5.75 Å². The van der Waals surface area contributed by atoms with Crippen molar-refractivity contribution in [1.82, 2.24) is 4.98 Å². The Morgan fingerprint density at radius 1 is 1.20 bits per heavy atom. The molecule has 0 saturated carbocycles. The molecule has 0 spiro atoms. The van der Waals surface area contributed by atoms with Gasteiger partial charge in [0.2, 0.25) is 0 Å². The van der Waals surface area contributed by atoms with Gasteiger partial charge < -0.3 is 9.47 Å². The Balaban J connectivity index is 1.74. The SMILES string of the molecule is COc1ccc(C(=O)OCCCc2cccnc2)cc1. The number of hydrogen-bond acceptors (Lipinski definition) is 4. The van der Waals surface area contributed by atoms with E-state index < -0.39 is 0 Å². The third-order valence-electron chi connectivity index (χ3n) is 2.89. The average Bonchev–Trinajstić information content (AvgIpc) is 2.52. The molecule has 2 aromatic rings. The van der Waals surface area contributed by atoms with Gasteiger partial charge in [-0.05, 0) is 48.7 Å². The average molecular weight is 271 g/mol. The van der Waals surface area contributed by atoms with Crippen molar-refractivity contribution in [2.75, 3.05) is 13.7 Å². The first-order valence-electron chi connectivity index (χ1n) is 6.49. The topological polar surface area (TPSA) is 48.4 Å². The summed E-state index contributed by atoms with van der Waals surface area (Å²) in [5.41, 5.74) is 1.68. The molecule has 0 radical (unpaired) electrons. The highest BCUT2D eigenvalue weighted by molar-refractivity contribution is 5.89. The van der Waals surface area contributed by atoms with Gasteiger partial charge in [0.05, 0.1) is 19.3 Å². The van der Waals surface area contributed by atoms with Crippen molar-refractivity contribution < 1.29 is 14.3 Å². The number of benzene rings is 1. The van der Waals surface area contributed by atoms with Crippen molar-refractivity contribution in [1.29, 1.82) is 0 Å². The standard InChI is InChI=1S/C16H17NO3/c1-19-15-8-6-14(7-9-15)16(18)20-11-3-5-13-4-2-10-17-12-13/h2,4,6-10,12H,3,5,11H2,1H3. The Morgan fingerprint density at radius 2 is 2.00 bits per heavy atom. The summed E-state index contributed by atoms with van der Waals surface area (Å²) in [5.74, 6) is 0.414. The lowest BCUT2D eigenvalue weighted by molar-refractivity contribution is 0.0500. The predicted molar refractivity (Wildman–Crippen MR) is 75.8 cm³/mol. The largest absolute Gasteiger partial charge is 0.497 e. The number of hydrogen-bond donors (Lipinski definition) is 0. The van der Waals surface area contributed by atoms with E-state index in [0.717, 1.165) is 24.2 Å². The van der Waals surface area contributed by atoms with Gasteiger partial charge in [-0.2, -0.15) is 0 Å². The number of methoxy groups -OCH3 is 1. The van der Waals surface area contributed by atoms with Crippen molar-refractivity contribution in [3.63, 3.8) is 0 Å². The highest BCUT2D eigenvalue weighted by Crippen LogP contribution is 2.12. The molecule has 1 heterocycles. The molecule has 0 atom stereocenters. The fourth-order valence-electron chi connectivity index (χ4n) is 1.80. The molecule has 0 aliphatic heterocycles. The molecule has 0 unspecified atom stereocenters. The predicted octanol–water partition coefficient (Wildman–Crippen LogP) is 2.88. The van der Waals surface area contributed by atoms with Crippen LogP contribution in [-0.4, -0.2) is 24.7 Å². The Kier molecular flexibility index (Phi) is 5.12. The Labute approximate surface area is 118 Å². The molecule has 0 amide bonds. The summed E-state index contributed by atoms with van der Waals surface area (Å²) in [6.07, 6.45) is 5.20. The second kappa shape index (κ2) is 7.28. The molecule has 104 valence electrons. The summed E-state index contributed by atoms with van der Waals surface area (Å²) >= 11 is 0. The maximum absolute atomic E-state index is 11.8. The number of aromatic nitrogens is 1. The molecule has 0 bridgehead atoms. The summed E-state index contributed by atoms with van der Waals surface area (Å²) in [7, 11) is 1.59. The first-order chi connectivity index (χ1) is 9.79. The summed E-state index contributed by atoms with van der Waals surface area (Å²) in [4.78, 5) is 15.8. The van der Waals surface area contributed by atoms with Crippen LogP contribution in [0.1, 0.15) is 22.3 Å². The number of pyridine rings is 1. The van der Waals surface area contributed by atoms with E-state index in [1.165, 1.54) is 0 Å². The van der Waals surface area contributed by atoms with Crippen molar-refractivity contribution >= 4 is 5.97 Å². The smallest absolute Gasteiger partial charge is 0.338 e. The van der Waals surface area contributed by atoms with Gasteiger partial charge in [0.1, 0.15) is 5.75 Å². The van der Waals surface area contributed by atoms with Gasteiger partial charge in [-0.15, -0.1) is 0 Å². The van der Waals surface area contributed by atoms with E-state index >= 15 is 0 Å². The minimum absolute atomic E-state index is 0.307. The van der Waals surface area contributed by atoms with Crippen LogP contribution in [0.25, 0.3) is 0 Å². The number of esters is 1. The summed E-state index contributed by atoms with van der Waals surface area (Å²) in [6, 6.07) is 10.8. The summed E-state index contributed by atoms with van der Waals surface area (Å²) in [6.45, 7) is 0.403. The normalized spacial score (nSPS) is 10.1. The van der Waals surface area contributed by atoms with E-state index in [0.29, 0.717) is 12.2 Å². The second-order valence-electron chi connectivity index (χ2n) is 4.33. The van der Waals surface area contributed by atoms with Crippen LogP contribution in [0.15, 0.2) is 48.8 Å². The molecular weight excluding hydrogens is 254 g/mol. The molecule has 0 aliphatic rings. The van der Waals surface area contributed by atoms with Gasteiger partial charge in [-0.1, -0.05) is 6.07 Å². The molecule has 1 aromatic heterocycles. The molecule has 0 saturated heterocycles. The number of carbonyl (C=O) groups excluding carboxylic acids is 1. The van der Waals surface area contributed by atoms with Crippen LogP contribution in [0.2, 0.25) is 0 Å². The van der Waals surface area contributed by atoms with Crippen LogP contribution in [0.4, 0.5) is 0 Å². The van der Waals surface area contributed by atoms with Crippen LogP contribution in [0.3, 0.4) is 0 Å². The summed E-state index contributed by atoms with van der Waals surface area (Å²) < 4.78 is 10.3. The fourth-order valence-corrected chi connectivity index (χ4v) is 1.80. The van der Waals surface area contributed by atoms with E-state index in [9.17, 15) is 4.79 Å². The maximum atomic E-state index is 11.8. The molecule has 0 N–H and O–H groups in total. The van der Waals surface area contributed by atoms with Crippen LogP contribution in [-0.2, 0) is 11.2 Å². The zero-order valence-corrected chi connectivity index (χ0v) is 11.4. The van der Waals surface area contributed by atoms with Gasteiger partial charge >= 0.3 is 5.97 Å². The highest BCUT2D eigenvalue weighted by Gasteiger charge is 2.06. The van der Waals surface area contributed by atoms with Crippen molar-refractivity contribution in [2.24, 2.45) is 0 Å². The van der Waals surface area contributed by atoms with Crippen molar-refractivity contribution in [3.05, 3.63) is 59.9 Å². The number of rotatable bonds is 6. The monoisotopic (exact) mass is 271 g/mol. The van der Waals surface area contributed by atoms with Crippen LogP contribution < -0.4 is 4.74 Å². The van der Waals surface area contributed by atoms with Crippen molar-refractivity contribution in [2.45, 2.75) is 12.8 Å². The molecule has 1 aromatic carbocycles. The van der Waals surface area contributed by atoms with Gasteiger partial charge in [0, 0.05) is 12.4 Å². The highest BCUT2D eigenvalue weighted by atomic mass is 16.5. The number of nitrogens with zero attached hydrogens (tertiary/aromatic N) is 1. The van der Waals surface area contributed by atoms with Gasteiger partial charge in [-0.25, -0.2) is 4.79 Å². The zero-order valence-electron chi connectivity index (χ0n) is 11.4. The fraction of sp³-hybridized carbons (Fsp3) is 0.250. The number of ether oxygens (including phenoxy) is 2. The van der Waals surface area contributed by atoms with Crippen LogP contribution >= 0.6 is 0 Å². The second-order valence-corrected chi connectivity index (χ2v) is 4.33. The van der Waals surface area contributed by atoms with E-state index in [1.54, 1.807) is 37.6 Å². The first kappa shape index (κ1) is 14.1. The Bertz CT molecular complexity index is 537. The van der Waals surface area contributed by atoms with E-state index in [4.69, 9.17) is 9.47 Å². The zero-order chi connectivity index (χ0) is 14.2. The number of carbonyl (C=O) groups is 1. The maximum Gasteiger partial charge on any atom is 0.338 e. The first-order valence-corrected chi connectivity index (χ1v) is 6.49. The lowest BCUT2D eigenvalue weighted by Gasteiger charge is -2.05. The third kappa shape index (κ3) is 4.09. The molecule has 20 heavy (non-hydrogen) atoms. The van der Waals surface area contributed by atoms with E-state index in [-0.39, 0.29) is 5.97 Å². The minimum atomic E-state index is -0.307. The molecule has 0 fully saturated rings. The molecule has 4 nitrogen and oxygen atoms in total. The molecule has 0 aliphatic carbocycles. The summed E-state index contributed by atoms with van der Waals surface area (Å²) in [5, 5.41) is 0. The molecular formula is C16H17NO3. The third-order valence-corrected chi connectivity index (χ3v) is 2.89. The van der Waals surface area contributed by atoms with Crippen LogP contribution in [0, 0.1) is 0 Å². The van der Waals surface area contributed by atoms with Crippen molar-refractivity contribution in [3.8, 4) is 5.75 Å². The van der Waals surface area contributed by atoms with E-state index in [1.807, 2.05) is 18.3 Å². The molecule has 2 rings (SSSR count). The van der Waals surface area contributed by atoms with Gasteiger partial charge in [-0.3, -0.25) is 4.98 Å². The Hall–Kier alpha value is -2.36. The minimum Gasteiger partial charge on any atom is -0.497 e.